The van der Waals surface area contributed by atoms with Crippen LogP contribution in [0.5, 0.6) is 5.75 Å². The summed E-state index contributed by atoms with van der Waals surface area (Å²) in [7, 11) is 0. The van der Waals surface area contributed by atoms with E-state index in [-0.39, 0.29) is 22.3 Å². The Bertz CT molecular complexity index is 906. The third kappa shape index (κ3) is 2.53. The van der Waals surface area contributed by atoms with Crippen LogP contribution in [0.15, 0.2) is 42.6 Å². The molecule has 2 aromatic heterocycles. The summed E-state index contributed by atoms with van der Waals surface area (Å²) in [5.41, 5.74) is -0.163. The first kappa shape index (κ1) is 15.1. The topological polar surface area (TPSA) is 103 Å². The van der Waals surface area contributed by atoms with Gasteiger partial charge >= 0.3 is 5.97 Å². The Labute approximate surface area is 135 Å². The average Bonchev–Trinajstić information content (AvgIpc) is 3.04. The summed E-state index contributed by atoms with van der Waals surface area (Å²) >= 11 is 6.06. The molecular weight excluding hydrogens is 320 g/mol. The standard InChI is InChI=1S/C16H11ClN2O4/c17-15-9-5-2-1-4-8(9)13(20)12(19-15)14(21)11(16(22)23)10-6-3-7-18-10/h1-7,11,18,20H,(H,22,23). The second kappa shape index (κ2) is 5.73. The van der Waals surface area contributed by atoms with Crippen molar-refractivity contribution < 1.29 is 19.8 Å². The van der Waals surface area contributed by atoms with Crippen LogP contribution in [-0.2, 0) is 4.79 Å². The molecule has 3 aromatic rings. The fourth-order valence-electron chi connectivity index (χ4n) is 2.43. The lowest BCUT2D eigenvalue weighted by Crippen LogP contribution is -2.23. The Morgan fingerprint density at radius 1 is 1.13 bits per heavy atom. The van der Waals surface area contributed by atoms with Crippen molar-refractivity contribution in [2.24, 2.45) is 0 Å². The highest BCUT2D eigenvalue weighted by atomic mass is 35.5. The molecule has 0 amide bonds. The number of hydrogen-bond donors (Lipinski definition) is 3. The van der Waals surface area contributed by atoms with E-state index in [0.29, 0.717) is 10.8 Å². The Morgan fingerprint density at radius 2 is 1.83 bits per heavy atom. The quantitative estimate of drug-likeness (QED) is 0.387. The maximum Gasteiger partial charge on any atom is 0.320 e. The van der Waals surface area contributed by atoms with E-state index in [2.05, 4.69) is 9.97 Å². The Kier molecular flexibility index (Phi) is 3.75. The van der Waals surface area contributed by atoms with Gasteiger partial charge in [-0.3, -0.25) is 9.59 Å². The zero-order valence-electron chi connectivity index (χ0n) is 11.7. The van der Waals surface area contributed by atoms with Gasteiger partial charge in [-0.15, -0.1) is 0 Å². The number of aromatic hydroxyl groups is 1. The zero-order chi connectivity index (χ0) is 16.6. The third-order valence-corrected chi connectivity index (χ3v) is 3.80. The van der Waals surface area contributed by atoms with Crippen molar-refractivity contribution in [3.8, 4) is 5.75 Å². The SMILES string of the molecule is O=C(O)C(C(=O)c1nc(Cl)c2ccccc2c1O)c1ccc[nH]1. The number of nitrogens with one attached hydrogen (secondary N) is 1. The average molecular weight is 331 g/mol. The predicted molar refractivity (Wildman–Crippen MR) is 83.9 cm³/mol. The number of benzene rings is 1. The van der Waals surface area contributed by atoms with E-state index < -0.39 is 17.7 Å². The first-order valence-corrected chi connectivity index (χ1v) is 7.06. The van der Waals surface area contributed by atoms with Crippen molar-refractivity contribution in [3.05, 3.63) is 59.1 Å². The van der Waals surface area contributed by atoms with Crippen LogP contribution in [0.1, 0.15) is 22.1 Å². The van der Waals surface area contributed by atoms with Gasteiger partial charge in [-0.25, -0.2) is 4.98 Å². The number of hydrogen-bond acceptors (Lipinski definition) is 4. The number of rotatable bonds is 4. The number of halogens is 1. The van der Waals surface area contributed by atoms with E-state index in [9.17, 15) is 19.8 Å². The molecule has 1 atom stereocenters. The molecule has 116 valence electrons. The van der Waals surface area contributed by atoms with Gasteiger partial charge in [-0.1, -0.05) is 35.9 Å². The number of carboxylic acids is 1. The summed E-state index contributed by atoms with van der Waals surface area (Å²) in [4.78, 5) is 30.7. The maximum atomic E-state index is 12.6. The molecular formula is C16H11ClN2O4. The highest BCUT2D eigenvalue weighted by Crippen LogP contribution is 2.34. The van der Waals surface area contributed by atoms with Crippen LogP contribution in [0.2, 0.25) is 5.15 Å². The summed E-state index contributed by atoms with van der Waals surface area (Å²) in [5, 5.41) is 20.5. The summed E-state index contributed by atoms with van der Waals surface area (Å²) in [6, 6.07) is 9.69. The van der Waals surface area contributed by atoms with E-state index in [0.717, 1.165) is 0 Å². The number of Topliss-reactive ketones (excluding diaryl/α,β-unsaturated/α-hetero) is 1. The highest BCUT2D eigenvalue weighted by Gasteiger charge is 2.33. The minimum absolute atomic E-state index is 0.0253. The van der Waals surface area contributed by atoms with E-state index in [1.165, 1.54) is 12.3 Å². The molecule has 7 heteroatoms. The van der Waals surface area contributed by atoms with Crippen molar-refractivity contribution in [3.63, 3.8) is 0 Å². The van der Waals surface area contributed by atoms with Gasteiger partial charge in [0.1, 0.15) is 5.15 Å². The molecule has 0 radical (unpaired) electrons. The molecule has 0 bridgehead atoms. The molecule has 0 aliphatic rings. The number of H-pyrrole nitrogens is 1. The number of aliphatic carboxylic acids is 1. The summed E-state index contributed by atoms with van der Waals surface area (Å²) < 4.78 is 0. The third-order valence-electron chi connectivity index (χ3n) is 3.51. The number of carboxylic acid groups (broad SMARTS) is 1. The molecule has 23 heavy (non-hydrogen) atoms. The summed E-state index contributed by atoms with van der Waals surface area (Å²) in [6.07, 6.45) is 1.51. The first-order chi connectivity index (χ1) is 11.0. The second-order valence-electron chi connectivity index (χ2n) is 4.91. The van der Waals surface area contributed by atoms with Gasteiger partial charge in [-0.2, -0.15) is 0 Å². The van der Waals surface area contributed by atoms with Crippen LogP contribution in [0, 0.1) is 0 Å². The van der Waals surface area contributed by atoms with Crippen LogP contribution < -0.4 is 0 Å². The summed E-state index contributed by atoms with van der Waals surface area (Å²) in [5.74, 6) is -4.07. The van der Waals surface area contributed by atoms with Crippen LogP contribution >= 0.6 is 11.6 Å². The molecule has 0 aliphatic carbocycles. The summed E-state index contributed by atoms with van der Waals surface area (Å²) in [6.45, 7) is 0. The molecule has 6 nitrogen and oxygen atoms in total. The molecule has 0 fully saturated rings. The predicted octanol–water partition coefficient (Wildman–Crippen LogP) is 2.97. The lowest BCUT2D eigenvalue weighted by molar-refractivity contribution is -0.137. The van der Waals surface area contributed by atoms with Gasteiger partial charge in [-0.05, 0) is 12.1 Å². The molecule has 2 heterocycles. The number of carbonyl (C=O) groups is 2. The monoisotopic (exact) mass is 330 g/mol. The van der Waals surface area contributed by atoms with Crippen LogP contribution in [-0.4, -0.2) is 31.9 Å². The molecule has 0 saturated heterocycles. The van der Waals surface area contributed by atoms with Gasteiger partial charge in [0.15, 0.2) is 17.4 Å². The number of aromatic nitrogens is 2. The smallest absolute Gasteiger partial charge is 0.320 e. The van der Waals surface area contributed by atoms with Crippen molar-refractivity contribution in [1.82, 2.24) is 9.97 Å². The van der Waals surface area contributed by atoms with E-state index in [1.54, 1.807) is 30.3 Å². The molecule has 1 aromatic carbocycles. The van der Waals surface area contributed by atoms with Crippen LogP contribution in [0.4, 0.5) is 0 Å². The molecule has 3 rings (SSSR count). The zero-order valence-corrected chi connectivity index (χ0v) is 12.4. The lowest BCUT2D eigenvalue weighted by Gasteiger charge is -2.12. The van der Waals surface area contributed by atoms with Gasteiger partial charge in [0.2, 0.25) is 5.78 Å². The maximum absolute atomic E-state index is 12.6. The minimum Gasteiger partial charge on any atom is -0.505 e. The Hall–Kier alpha value is -2.86. The molecule has 3 N–H and O–H groups in total. The number of fused-ring (bicyclic) bond motifs is 1. The van der Waals surface area contributed by atoms with E-state index >= 15 is 0 Å². The Morgan fingerprint density at radius 3 is 2.43 bits per heavy atom. The number of aromatic amines is 1. The van der Waals surface area contributed by atoms with Crippen LogP contribution in [0.3, 0.4) is 0 Å². The van der Waals surface area contributed by atoms with Gasteiger partial charge in [0.05, 0.1) is 0 Å². The molecule has 0 spiro atoms. The number of pyridine rings is 1. The van der Waals surface area contributed by atoms with E-state index in [1.807, 2.05) is 0 Å². The molecule has 0 aliphatic heterocycles. The fourth-order valence-corrected chi connectivity index (χ4v) is 2.68. The normalized spacial score (nSPS) is 12.2. The van der Waals surface area contributed by atoms with Crippen molar-refractivity contribution in [2.45, 2.75) is 5.92 Å². The molecule has 1 unspecified atom stereocenters. The van der Waals surface area contributed by atoms with Gasteiger partial charge < -0.3 is 15.2 Å². The number of nitrogens with zero attached hydrogens (tertiary/aromatic N) is 1. The first-order valence-electron chi connectivity index (χ1n) is 6.68. The highest BCUT2D eigenvalue weighted by molar-refractivity contribution is 6.35. The molecule has 0 saturated carbocycles. The Balaban J connectivity index is 2.17. The largest absolute Gasteiger partial charge is 0.505 e. The van der Waals surface area contributed by atoms with Crippen molar-refractivity contribution in [2.75, 3.05) is 0 Å². The van der Waals surface area contributed by atoms with Crippen LogP contribution in [0.25, 0.3) is 10.8 Å². The van der Waals surface area contributed by atoms with Crippen molar-refractivity contribution >= 4 is 34.1 Å². The van der Waals surface area contributed by atoms with Gasteiger partial charge in [0, 0.05) is 22.7 Å². The van der Waals surface area contributed by atoms with Crippen molar-refractivity contribution in [1.29, 1.82) is 0 Å². The number of carbonyl (C=O) groups excluding carboxylic acids is 1. The second-order valence-corrected chi connectivity index (χ2v) is 5.26. The minimum atomic E-state index is -1.50. The fraction of sp³-hybridized carbons (Fsp3) is 0.0625. The van der Waals surface area contributed by atoms with E-state index in [4.69, 9.17) is 11.6 Å². The number of ketones is 1. The van der Waals surface area contributed by atoms with Gasteiger partial charge in [0.25, 0.3) is 0 Å². The lowest BCUT2D eigenvalue weighted by atomic mass is 9.96.